The Morgan fingerprint density at radius 1 is 1.18 bits per heavy atom. The van der Waals surface area contributed by atoms with Gasteiger partial charge in [0.15, 0.2) is 0 Å². The van der Waals surface area contributed by atoms with E-state index in [1.54, 1.807) is 6.20 Å². The average Bonchev–Trinajstić information content (AvgIpc) is 2.49. The Kier molecular flexibility index (Phi) is 5.95. The molecule has 0 saturated carbocycles. The number of benzene rings is 1. The molecule has 0 radical (unpaired) electrons. The van der Waals surface area contributed by atoms with Crippen LogP contribution in [0.15, 0.2) is 42.6 Å². The third kappa shape index (κ3) is 5.20. The number of pyridine rings is 1. The molecule has 1 aromatic carbocycles. The quantitative estimate of drug-likeness (QED) is 0.789. The molecule has 0 saturated heterocycles. The lowest BCUT2D eigenvalue weighted by Crippen LogP contribution is -2.13. The number of unbranched alkanes of at least 4 members (excludes halogenated alkanes) is 1. The highest BCUT2D eigenvalue weighted by molar-refractivity contribution is 5.90. The summed E-state index contributed by atoms with van der Waals surface area (Å²) in [5.41, 5.74) is 2.15. The number of hydrogen-bond donors (Lipinski definition) is 1. The molecule has 0 spiro atoms. The summed E-state index contributed by atoms with van der Waals surface area (Å²) in [7, 11) is 0. The third-order valence-corrected chi connectivity index (χ3v) is 3.32. The minimum absolute atomic E-state index is 0.00245. The summed E-state index contributed by atoms with van der Waals surface area (Å²) in [5.74, 6) is 1.52. The van der Waals surface area contributed by atoms with Gasteiger partial charge < -0.3 is 10.1 Å². The standard InChI is InChI=1S/C18H22N2O2/c1-14-7-5-9-16(13-14)22-12-4-3-10-17(21)20-18-15(2)8-6-11-19-18/h5-9,11,13H,3-4,10,12H2,1-2H3,(H,19,20,21). The van der Waals surface area contributed by atoms with Crippen molar-refractivity contribution >= 4 is 11.7 Å². The minimum atomic E-state index is -0.00245. The van der Waals surface area contributed by atoms with Crippen LogP contribution in [0.5, 0.6) is 5.75 Å². The summed E-state index contributed by atoms with van der Waals surface area (Å²) in [6.45, 7) is 4.59. The van der Waals surface area contributed by atoms with Crippen molar-refractivity contribution in [2.24, 2.45) is 0 Å². The van der Waals surface area contributed by atoms with E-state index in [1.807, 2.05) is 50.2 Å². The fourth-order valence-corrected chi connectivity index (χ4v) is 2.09. The van der Waals surface area contributed by atoms with E-state index in [2.05, 4.69) is 10.3 Å². The molecular formula is C18H22N2O2. The largest absolute Gasteiger partial charge is 0.494 e. The molecule has 0 unspecified atom stereocenters. The van der Waals surface area contributed by atoms with Crippen molar-refractivity contribution in [3.8, 4) is 5.75 Å². The first kappa shape index (κ1) is 16.0. The molecule has 0 aliphatic carbocycles. The smallest absolute Gasteiger partial charge is 0.225 e. The number of carbonyl (C=O) groups is 1. The number of rotatable bonds is 7. The number of aryl methyl sites for hydroxylation is 2. The predicted molar refractivity (Wildman–Crippen MR) is 88.1 cm³/mol. The van der Waals surface area contributed by atoms with Crippen molar-refractivity contribution in [3.63, 3.8) is 0 Å². The third-order valence-electron chi connectivity index (χ3n) is 3.32. The molecule has 2 aromatic rings. The van der Waals surface area contributed by atoms with Crippen LogP contribution in [0.3, 0.4) is 0 Å². The van der Waals surface area contributed by atoms with Crippen LogP contribution in [-0.2, 0) is 4.79 Å². The fourth-order valence-electron chi connectivity index (χ4n) is 2.09. The Morgan fingerprint density at radius 2 is 2.05 bits per heavy atom. The molecule has 22 heavy (non-hydrogen) atoms. The zero-order valence-electron chi connectivity index (χ0n) is 13.1. The predicted octanol–water partition coefficient (Wildman–Crippen LogP) is 3.89. The summed E-state index contributed by atoms with van der Waals surface area (Å²) < 4.78 is 5.66. The van der Waals surface area contributed by atoms with Gasteiger partial charge in [-0.25, -0.2) is 4.98 Å². The molecule has 0 aliphatic rings. The molecule has 4 heteroatoms. The van der Waals surface area contributed by atoms with Gasteiger partial charge in [-0.3, -0.25) is 4.79 Å². The second-order valence-corrected chi connectivity index (χ2v) is 5.34. The van der Waals surface area contributed by atoms with Gasteiger partial charge in [0.25, 0.3) is 0 Å². The topological polar surface area (TPSA) is 51.2 Å². The van der Waals surface area contributed by atoms with Crippen molar-refractivity contribution in [1.29, 1.82) is 0 Å². The van der Waals surface area contributed by atoms with Crippen LogP contribution in [-0.4, -0.2) is 17.5 Å². The maximum atomic E-state index is 11.9. The zero-order valence-corrected chi connectivity index (χ0v) is 13.1. The van der Waals surface area contributed by atoms with Crippen molar-refractivity contribution in [2.45, 2.75) is 33.1 Å². The van der Waals surface area contributed by atoms with Crippen molar-refractivity contribution in [3.05, 3.63) is 53.7 Å². The molecule has 1 heterocycles. The number of hydrogen-bond acceptors (Lipinski definition) is 3. The van der Waals surface area contributed by atoms with Crippen LogP contribution in [0.25, 0.3) is 0 Å². The number of carbonyl (C=O) groups excluding carboxylic acids is 1. The normalized spacial score (nSPS) is 10.3. The van der Waals surface area contributed by atoms with Gasteiger partial charge in [-0.2, -0.15) is 0 Å². The molecule has 1 amide bonds. The number of ether oxygens (including phenoxy) is 1. The van der Waals surface area contributed by atoms with E-state index in [-0.39, 0.29) is 5.91 Å². The van der Waals surface area contributed by atoms with Gasteiger partial charge in [0.1, 0.15) is 11.6 Å². The van der Waals surface area contributed by atoms with Gasteiger partial charge >= 0.3 is 0 Å². The molecule has 4 nitrogen and oxygen atoms in total. The van der Waals surface area contributed by atoms with E-state index < -0.39 is 0 Å². The molecule has 0 bridgehead atoms. The van der Waals surface area contributed by atoms with Gasteiger partial charge in [0.2, 0.25) is 5.91 Å². The van der Waals surface area contributed by atoms with Gasteiger partial charge in [-0.15, -0.1) is 0 Å². The number of nitrogens with one attached hydrogen (secondary N) is 1. The molecule has 1 aromatic heterocycles. The van der Waals surface area contributed by atoms with Crippen LogP contribution in [0.4, 0.5) is 5.82 Å². The Bertz CT molecular complexity index is 626. The lowest BCUT2D eigenvalue weighted by Gasteiger charge is -2.08. The first-order valence-electron chi connectivity index (χ1n) is 7.56. The van der Waals surface area contributed by atoms with Crippen LogP contribution >= 0.6 is 0 Å². The van der Waals surface area contributed by atoms with Crippen LogP contribution in [0.1, 0.15) is 30.4 Å². The highest BCUT2D eigenvalue weighted by Gasteiger charge is 2.05. The lowest BCUT2D eigenvalue weighted by atomic mass is 10.2. The van der Waals surface area contributed by atoms with E-state index in [4.69, 9.17) is 4.74 Å². The first-order valence-corrected chi connectivity index (χ1v) is 7.56. The summed E-state index contributed by atoms with van der Waals surface area (Å²) in [6, 6.07) is 11.8. The SMILES string of the molecule is Cc1cccc(OCCCCC(=O)Nc2ncccc2C)c1. The fraction of sp³-hybridized carbons (Fsp3) is 0.333. The molecule has 1 N–H and O–H groups in total. The van der Waals surface area contributed by atoms with Crippen LogP contribution in [0, 0.1) is 13.8 Å². The maximum Gasteiger partial charge on any atom is 0.225 e. The maximum absolute atomic E-state index is 11.9. The average molecular weight is 298 g/mol. The summed E-state index contributed by atoms with van der Waals surface area (Å²) in [6.07, 6.45) is 3.80. The van der Waals surface area contributed by atoms with Crippen molar-refractivity contribution in [2.75, 3.05) is 11.9 Å². The van der Waals surface area contributed by atoms with E-state index in [9.17, 15) is 4.79 Å². The minimum Gasteiger partial charge on any atom is -0.494 e. The molecule has 0 atom stereocenters. The monoisotopic (exact) mass is 298 g/mol. The molecular weight excluding hydrogens is 276 g/mol. The Morgan fingerprint density at radius 3 is 2.82 bits per heavy atom. The van der Waals surface area contributed by atoms with Crippen molar-refractivity contribution < 1.29 is 9.53 Å². The molecule has 2 rings (SSSR count). The van der Waals surface area contributed by atoms with E-state index >= 15 is 0 Å². The molecule has 116 valence electrons. The van der Waals surface area contributed by atoms with Gasteiger partial charge in [-0.05, 0) is 56.0 Å². The van der Waals surface area contributed by atoms with Gasteiger partial charge in [0.05, 0.1) is 6.61 Å². The van der Waals surface area contributed by atoms with E-state index in [0.29, 0.717) is 18.8 Å². The number of nitrogens with zero attached hydrogens (tertiary/aromatic N) is 1. The highest BCUT2D eigenvalue weighted by Crippen LogP contribution is 2.13. The van der Waals surface area contributed by atoms with Gasteiger partial charge in [0, 0.05) is 12.6 Å². The molecule has 0 fully saturated rings. The van der Waals surface area contributed by atoms with E-state index in [0.717, 1.165) is 24.2 Å². The Labute approximate surface area is 131 Å². The van der Waals surface area contributed by atoms with Crippen LogP contribution < -0.4 is 10.1 Å². The number of aromatic nitrogens is 1. The Hall–Kier alpha value is -2.36. The van der Waals surface area contributed by atoms with Crippen molar-refractivity contribution in [1.82, 2.24) is 4.98 Å². The highest BCUT2D eigenvalue weighted by atomic mass is 16.5. The zero-order chi connectivity index (χ0) is 15.8. The number of anilines is 1. The number of amides is 1. The molecule has 0 aliphatic heterocycles. The second kappa shape index (κ2) is 8.17. The van der Waals surface area contributed by atoms with Crippen LogP contribution in [0.2, 0.25) is 0 Å². The van der Waals surface area contributed by atoms with Gasteiger partial charge in [-0.1, -0.05) is 18.2 Å². The first-order chi connectivity index (χ1) is 10.6. The summed E-state index contributed by atoms with van der Waals surface area (Å²) in [5, 5.41) is 2.84. The summed E-state index contributed by atoms with van der Waals surface area (Å²) in [4.78, 5) is 16.0. The lowest BCUT2D eigenvalue weighted by molar-refractivity contribution is -0.116. The summed E-state index contributed by atoms with van der Waals surface area (Å²) >= 11 is 0. The van der Waals surface area contributed by atoms with E-state index in [1.165, 1.54) is 5.56 Å². The Balaban J connectivity index is 1.64. The second-order valence-electron chi connectivity index (χ2n) is 5.34.